The molecule has 0 saturated carbocycles. The zero-order valence-electron chi connectivity index (χ0n) is 45.7. The van der Waals surface area contributed by atoms with Gasteiger partial charge < -0.3 is 14.7 Å². The number of fused-ring (bicyclic) bond motifs is 4. The first-order valence-electron chi connectivity index (χ1n) is 26.7. The maximum Gasteiger partial charge on any atom is 0.316 e. The van der Waals surface area contributed by atoms with Gasteiger partial charge >= 0.3 is 5.78 Å². The van der Waals surface area contributed by atoms with Gasteiger partial charge in [-0.1, -0.05) is 172 Å². The fraction of sp³-hybridized carbons (Fsp3) is 0.333. The molecule has 0 aliphatic carbocycles. The Morgan fingerprint density at radius 3 is 1.69 bits per heavy atom. The number of aliphatic hydroxyl groups excluding tert-OH is 1. The number of carbonyl (C=O) groups excluding carboxylic acids is 1. The molecule has 4 aromatic heterocycles. The van der Waals surface area contributed by atoms with E-state index < -0.39 is 0 Å². The molecule has 0 fully saturated rings. The molecule has 8 nitrogen and oxygen atoms in total. The first-order valence-corrected chi connectivity index (χ1v) is 26.7. The number of hydrogen-bond acceptors (Lipinski definition) is 6. The van der Waals surface area contributed by atoms with Crippen molar-refractivity contribution < 1.29 is 30.0 Å². The minimum atomic E-state index is 0. The number of benzene rings is 5. The van der Waals surface area contributed by atoms with Crippen molar-refractivity contribution in [2.24, 2.45) is 0 Å². The van der Waals surface area contributed by atoms with Crippen LogP contribution in [0, 0.1) is 6.07 Å². The van der Waals surface area contributed by atoms with Crippen molar-refractivity contribution in [1.82, 2.24) is 29.5 Å². The summed E-state index contributed by atoms with van der Waals surface area (Å²) in [7, 11) is 0. The van der Waals surface area contributed by atoms with E-state index in [1.165, 1.54) is 116 Å². The van der Waals surface area contributed by atoms with Crippen molar-refractivity contribution in [2.45, 2.75) is 144 Å². The molecule has 9 rings (SSSR count). The molecule has 0 spiro atoms. The van der Waals surface area contributed by atoms with Crippen LogP contribution in [0.2, 0.25) is 0 Å². The van der Waals surface area contributed by atoms with E-state index in [1.807, 2.05) is 18.6 Å². The molecular formula is C66H74IrN6O2. The zero-order chi connectivity index (χ0) is 52.6. The maximum absolute atomic E-state index is 8.40. The molecule has 9 heteroatoms. The van der Waals surface area contributed by atoms with Crippen LogP contribution >= 0.6 is 0 Å². The van der Waals surface area contributed by atoms with Crippen molar-refractivity contribution in [2.75, 3.05) is 0 Å². The van der Waals surface area contributed by atoms with Crippen LogP contribution in [0.25, 0.3) is 83.7 Å². The SMILES string of the molecule is CC(=[OH+])/C=C(/C)O.CCCCCCc1cc(CCCCCC)cc(-n2c3ccccc3c3c[c-]c(-c4ncc(-c5nc(-c6ccc(C(C)(C)C)cc6)nc(-c6ccc(C(C)(C)C)cc6)n5)c5cnccc45)cc32)c1.[Ir]. The molecule has 5 aromatic carbocycles. The van der Waals surface area contributed by atoms with Crippen LogP contribution in [0.4, 0.5) is 0 Å². The second kappa shape index (κ2) is 24.8. The van der Waals surface area contributed by atoms with Gasteiger partial charge in [0, 0.05) is 72.0 Å². The molecule has 0 amide bonds. The standard InChI is InChI=1S/C61H65N6.C5H8O2.Ir/c1-9-11-13-15-19-41-35-42(20-16-14-12-10-2)37-48(36-41)67-54-22-18-17-21-49(54)50-32-27-45(38-55(50)67)56-51-33-34-62-39-52(51)53(40-63-56)59-65-57(43-23-28-46(29-24-43)60(3,4)5)64-58(66-59)44-25-30-47(31-26-44)61(6,7)8;1-4(6)3-5(2)7;/h17-18,21-26,28-40H,9-16,19-20H2,1-8H3;3,6H,1-2H3;/q-1;;/p+1/b;4-3-;. The number of allylic oxidation sites excluding steroid dienone is 2. The van der Waals surface area contributed by atoms with Gasteiger partial charge in [0.25, 0.3) is 0 Å². The quantitative estimate of drug-likeness (QED) is 0.0339. The fourth-order valence-corrected chi connectivity index (χ4v) is 9.77. The number of aryl methyl sites for hydroxylation is 2. The van der Waals surface area contributed by atoms with E-state index in [2.05, 4.69) is 180 Å². The third kappa shape index (κ3) is 13.6. The van der Waals surface area contributed by atoms with Crippen LogP contribution in [-0.4, -0.2) is 45.2 Å². The molecule has 75 heavy (non-hydrogen) atoms. The Balaban J connectivity index is 0.000000958. The Hall–Kier alpha value is -6.67. The largest absolute Gasteiger partial charge is 0.512 e. The van der Waals surface area contributed by atoms with Gasteiger partial charge in [-0.2, -0.15) is 0 Å². The first kappa shape index (κ1) is 56.1. The van der Waals surface area contributed by atoms with E-state index in [4.69, 9.17) is 29.8 Å². The molecule has 4 heterocycles. The first-order chi connectivity index (χ1) is 35.5. The normalized spacial score (nSPS) is 11.9. The summed E-state index contributed by atoms with van der Waals surface area (Å²) in [5, 5.41) is 12.7. The number of aromatic nitrogens is 6. The van der Waals surface area contributed by atoms with Crippen LogP contribution in [-0.2, 0) is 43.8 Å². The van der Waals surface area contributed by atoms with Gasteiger partial charge in [-0.15, -0.1) is 23.8 Å². The number of aliphatic hydroxyl groups is 1. The molecular weight excluding hydrogens is 1100 g/mol. The molecule has 1 radical (unpaired) electrons. The van der Waals surface area contributed by atoms with Crippen molar-refractivity contribution in [1.29, 1.82) is 0 Å². The molecule has 0 atom stereocenters. The van der Waals surface area contributed by atoms with E-state index in [0.717, 1.165) is 57.1 Å². The Bertz CT molecular complexity index is 3320. The average Bonchev–Trinajstić information content (AvgIpc) is 3.71. The van der Waals surface area contributed by atoms with Gasteiger partial charge in [0.15, 0.2) is 17.5 Å². The van der Waals surface area contributed by atoms with E-state index in [-0.39, 0.29) is 42.5 Å². The average molecular weight is 1180 g/mol. The number of hydrogen-bond donors (Lipinski definition) is 1. The van der Waals surface area contributed by atoms with Gasteiger partial charge in [-0.05, 0) is 112 Å². The number of pyridine rings is 2. The van der Waals surface area contributed by atoms with Crippen molar-refractivity contribution in [3.05, 3.63) is 168 Å². The predicted octanol–water partition coefficient (Wildman–Crippen LogP) is 17.2. The van der Waals surface area contributed by atoms with Crippen LogP contribution < -0.4 is 0 Å². The number of rotatable bonds is 16. The maximum atomic E-state index is 8.40. The third-order valence-electron chi connectivity index (χ3n) is 13.8. The van der Waals surface area contributed by atoms with Gasteiger partial charge in [-0.25, -0.2) is 15.0 Å². The van der Waals surface area contributed by atoms with Gasteiger partial charge in [0.2, 0.25) is 0 Å². The Kier molecular flexibility index (Phi) is 18.5. The third-order valence-corrected chi connectivity index (χ3v) is 13.8. The molecule has 0 saturated heterocycles. The summed E-state index contributed by atoms with van der Waals surface area (Å²) in [4.78, 5) is 33.8. The molecule has 2 N–H and O–H groups in total. The second-order valence-corrected chi connectivity index (χ2v) is 22.0. The summed E-state index contributed by atoms with van der Waals surface area (Å²) < 4.78 is 2.47. The van der Waals surface area contributed by atoms with Crippen molar-refractivity contribution >= 4 is 38.4 Å². The number of nitrogens with zero attached hydrogens (tertiary/aromatic N) is 6. The van der Waals surface area contributed by atoms with Gasteiger partial charge in [-0.3, -0.25) is 9.78 Å². The van der Waals surface area contributed by atoms with Crippen LogP contribution in [0.5, 0.6) is 0 Å². The molecule has 0 bridgehead atoms. The summed E-state index contributed by atoms with van der Waals surface area (Å²) in [6.45, 7) is 21.0. The summed E-state index contributed by atoms with van der Waals surface area (Å²) >= 11 is 0. The Morgan fingerprint density at radius 2 is 1.17 bits per heavy atom. The second-order valence-electron chi connectivity index (χ2n) is 22.0. The van der Waals surface area contributed by atoms with Crippen LogP contribution in [0.15, 0.2) is 140 Å². The number of ketones is 1. The summed E-state index contributed by atoms with van der Waals surface area (Å²) in [5.41, 5.74) is 13.4. The van der Waals surface area contributed by atoms with Gasteiger partial charge in [0.1, 0.15) is 0 Å². The van der Waals surface area contributed by atoms with Gasteiger partial charge in [0.05, 0.1) is 18.8 Å². The van der Waals surface area contributed by atoms with E-state index in [1.54, 1.807) is 0 Å². The Morgan fingerprint density at radius 1 is 0.613 bits per heavy atom. The van der Waals surface area contributed by atoms with Crippen molar-refractivity contribution in [3.63, 3.8) is 0 Å². The van der Waals surface area contributed by atoms with E-state index in [0.29, 0.717) is 17.5 Å². The summed E-state index contributed by atoms with van der Waals surface area (Å²) in [6.07, 6.45) is 19.2. The van der Waals surface area contributed by atoms with Crippen LogP contribution in [0.3, 0.4) is 0 Å². The summed E-state index contributed by atoms with van der Waals surface area (Å²) in [5.74, 6) is 2.03. The molecule has 0 aliphatic heterocycles. The minimum absolute atomic E-state index is 0. The Labute approximate surface area is 458 Å². The minimum Gasteiger partial charge on any atom is -0.512 e. The van der Waals surface area contributed by atoms with E-state index >= 15 is 0 Å². The number of para-hydroxylation sites is 1. The van der Waals surface area contributed by atoms with Crippen LogP contribution in [0.1, 0.15) is 143 Å². The topological polar surface area (TPSA) is 111 Å². The molecule has 0 aliphatic rings. The van der Waals surface area contributed by atoms with Crippen molar-refractivity contribution in [3.8, 4) is 51.1 Å². The smallest absolute Gasteiger partial charge is 0.316 e. The molecule has 9 aromatic rings. The predicted molar refractivity (Wildman–Crippen MR) is 310 cm³/mol. The summed E-state index contributed by atoms with van der Waals surface area (Å²) in [6, 6.07) is 43.5. The van der Waals surface area contributed by atoms with E-state index in [9.17, 15) is 0 Å². The monoisotopic (exact) mass is 1180 g/mol. The number of unbranched alkanes of at least 4 members (excludes halogenated alkanes) is 6. The fourth-order valence-electron chi connectivity index (χ4n) is 9.77. The molecule has 0 unspecified atom stereocenters. The zero-order valence-corrected chi connectivity index (χ0v) is 48.1. The molecule has 389 valence electrons.